The standard InChI is InChI=1S/C19H19N3O2/c1-2-22(17-7-4-3-5-8-17)19(23)15-11-16(13-20-12-15)21-14-18-9-6-10-24-18/h3-13,21H,2,14H2,1H3. The highest BCUT2D eigenvalue weighted by atomic mass is 16.3. The SMILES string of the molecule is CCN(C(=O)c1cncc(NCc2ccco2)c1)c1ccccc1. The largest absolute Gasteiger partial charge is 0.467 e. The van der Waals surface area contributed by atoms with Crippen LogP contribution >= 0.6 is 0 Å². The molecule has 0 bridgehead atoms. The minimum absolute atomic E-state index is 0.0714. The molecule has 2 heterocycles. The number of hydrogen-bond donors (Lipinski definition) is 1. The van der Waals surface area contributed by atoms with Crippen molar-refractivity contribution in [2.75, 3.05) is 16.8 Å². The molecule has 0 atom stereocenters. The van der Waals surface area contributed by atoms with Gasteiger partial charge in [0.1, 0.15) is 5.76 Å². The highest BCUT2D eigenvalue weighted by molar-refractivity contribution is 6.06. The first-order valence-electron chi connectivity index (χ1n) is 7.86. The number of anilines is 2. The van der Waals surface area contributed by atoms with E-state index in [2.05, 4.69) is 10.3 Å². The number of rotatable bonds is 6. The quantitative estimate of drug-likeness (QED) is 0.747. The van der Waals surface area contributed by atoms with Crippen LogP contribution in [0.3, 0.4) is 0 Å². The molecule has 1 aromatic carbocycles. The Morgan fingerprint density at radius 1 is 1.17 bits per heavy atom. The second-order valence-corrected chi connectivity index (χ2v) is 5.28. The van der Waals surface area contributed by atoms with Gasteiger partial charge in [-0.15, -0.1) is 0 Å². The van der Waals surface area contributed by atoms with Gasteiger partial charge >= 0.3 is 0 Å². The Bertz CT molecular complexity index is 785. The van der Waals surface area contributed by atoms with Crippen molar-refractivity contribution in [3.8, 4) is 0 Å². The van der Waals surface area contributed by atoms with E-state index in [9.17, 15) is 4.79 Å². The fourth-order valence-electron chi connectivity index (χ4n) is 2.46. The number of furan rings is 1. The predicted molar refractivity (Wildman–Crippen MR) is 94.1 cm³/mol. The van der Waals surface area contributed by atoms with E-state index in [1.54, 1.807) is 23.6 Å². The summed E-state index contributed by atoms with van der Waals surface area (Å²) in [6.07, 6.45) is 4.92. The second-order valence-electron chi connectivity index (χ2n) is 5.28. The maximum absolute atomic E-state index is 12.8. The molecule has 3 aromatic rings. The van der Waals surface area contributed by atoms with Crippen LogP contribution in [-0.2, 0) is 6.54 Å². The molecule has 1 N–H and O–H groups in total. The van der Waals surface area contributed by atoms with Crippen molar-refractivity contribution < 1.29 is 9.21 Å². The summed E-state index contributed by atoms with van der Waals surface area (Å²) in [6.45, 7) is 3.09. The van der Waals surface area contributed by atoms with Gasteiger partial charge in [-0.2, -0.15) is 0 Å². The smallest absolute Gasteiger partial charge is 0.259 e. The van der Waals surface area contributed by atoms with Gasteiger partial charge in [-0.25, -0.2) is 0 Å². The molecule has 5 nitrogen and oxygen atoms in total. The number of benzene rings is 1. The Hall–Kier alpha value is -3.08. The monoisotopic (exact) mass is 321 g/mol. The summed E-state index contributed by atoms with van der Waals surface area (Å²) >= 11 is 0. The van der Waals surface area contributed by atoms with Crippen molar-refractivity contribution in [1.29, 1.82) is 0 Å². The molecular weight excluding hydrogens is 302 g/mol. The molecule has 0 aliphatic carbocycles. The summed E-state index contributed by atoms with van der Waals surface area (Å²) in [5, 5.41) is 3.21. The van der Waals surface area contributed by atoms with Crippen molar-refractivity contribution in [3.05, 3.63) is 78.5 Å². The average molecular weight is 321 g/mol. The third-order valence-corrected chi connectivity index (χ3v) is 3.66. The van der Waals surface area contributed by atoms with Gasteiger partial charge in [-0.05, 0) is 37.3 Å². The summed E-state index contributed by atoms with van der Waals surface area (Å²) in [5.41, 5.74) is 2.20. The third kappa shape index (κ3) is 3.63. The summed E-state index contributed by atoms with van der Waals surface area (Å²) in [4.78, 5) is 18.7. The van der Waals surface area contributed by atoms with Crippen LogP contribution in [0.15, 0.2) is 71.6 Å². The minimum atomic E-state index is -0.0714. The molecular formula is C19H19N3O2. The minimum Gasteiger partial charge on any atom is -0.467 e. The highest BCUT2D eigenvalue weighted by Gasteiger charge is 2.16. The van der Waals surface area contributed by atoms with Crippen molar-refractivity contribution in [2.24, 2.45) is 0 Å². The van der Waals surface area contributed by atoms with Crippen molar-refractivity contribution in [3.63, 3.8) is 0 Å². The van der Waals surface area contributed by atoms with Crippen LogP contribution in [0.25, 0.3) is 0 Å². The zero-order valence-corrected chi connectivity index (χ0v) is 13.5. The molecule has 122 valence electrons. The molecule has 0 radical (unpaired) electrons. The summed E-state index contributed by atoms with van der Waals surface area (Å²) < 4.78 is 5.29. The molecule has 3 rings (SSSR count). The third-order valence-electron chi connectivity index (χ3n) is 3.66. The summed E-state index contributed by atoms with van der Waals surface area (Å²) in [7, 11) is 0. The van der Waals surface area contributed by atoms with Crippen LogP contribution in [0.4, 0.5) is 11.4 Å². The molecule has 0 aliphatic heterocycles. The van der Waals surface area contributed by atoms with Crippen LogP contribution in [-0.4, -0.2) is 17.4 Å². The van der Waals surface area contributed by atoms with Crippen LogP contribution in [0.2, 0.25) is 0 Å². The molecule has 2 aromatic heterocycles. The lowest BCUT2D eigenvalue weighted by atomic mass is 10.2. The number of para-hydroxylation sites is 1. The van der Waals surface area contributed by atoms with Gasteiger partial charge in [0.25, 0.3) is 5.91 Å². The van der Waals surface area contributed by atoms with Gasteiger partial charge in [0, 0.05) is 24.6 Å². The van der Waals surface area contributed by atoms with Crippen LogP contribution in [0.5, 0.6) is 0 Å². The number of carbonyl (C=O) groups is 1. The molecule has 0 saturated carbocycles. The Morgan fingerprint density at radius 3 is 2.71 bits per heavy atom. The maximum atomic E-state index is 12.8. The van der Waals surface area contributed by atoms with Crippen molar-refractivity contribution in [1.82, 2.24) is 4.98 Å². The van der Waals surface area contributed by atoms with Gasteiger partial charge in [0.2, 0.25) is 0 Å². The first-order valence-corrected chi connectivity index (χ1v) is 7.86. The first kappa shape index (κ1) is 15.8. The molecule has 0 spiro atoms. The number of nitrogens with zero attached hydrogens (tertiary/aromatic N) is 2. The highest BCUT2D eigenvalue weighted by Crippen LogP contribution is 2.18. The van der Waals surface area contributed by atoms with Gasteiger partial charge in [0.15, 0.2) is 0 Å². The topological polar surface area (TPSA) is 58.4 Å². The van der Waals surface area contributed by atoms with Crippen LogP contribution in [0.1, 0.15) is 23.0 Å². The zero-order chi connectivity index (χ0) is 16.8. The normalized spacial score (nSPS) is 10.4. The maximum Gasteiger partial charge on any atom is 0.259 e. The number of carbonyl (C=O) groups excluding carboxylic acids is 1. The zero-order valence-electron chi connectivity index (χ0n) is 13.5. The van der Waals surface area contributed by atoms with Gasteiger partial charge in [0.05, 0.1) is 24.1 Å². The molecule has 0 fully saturated rings. The first-order chi connectivity index (χ1) is 11.8. The fraction of sp³-hybridized carbons (Fsp3) is 0.158. The van der Waals surface area contributed by atoms with E-state index in [1.807, 2.05) is 55.5 Å². The average Bonchev–Trinajstić information content (AvgIpc) is 3.15. The van der Waals surface area contributed by atoms with E-state index in [-0.39, 0.29) is 5.91 Å². The second kappa shape index (κ2) is 7.46. The number of aromatic nitrogens is 1. The summed E-state index contributed by atoms with van der Waals surface area (Å²) in [6, 6.07) is 15.2. The van der Waals surface area contributed by atoms with Crippen LogP contribution < -0.4 is 10.2 Å². The molecule has 0 saturated heterocycles. The lowest BCUT2D eigenvalue weighted by Gasteiger charge is -2.21. The Labute approximate surface area is 140 Å². The van der Waals surface area contributed by atoms with E-state index in [0.29, 0.717) is 18.7 Å². The molecule has 24 heavy (non-hydrogen) atoms. The Morgan fingerprint density at radius 2 is 2.00 bits per heavy atom. The van der Waals surface area contributed by atoms with Crippen molar-refractivity contribution in [2.45, 2.75) is 13.5 Å². The molecule has 0 unspecified atom stereocenters. The van der Waals surface area contributed by atoms with E-state index in [0.717, 1.165) is 17.1 Å². The Kier molecular flexibility index (Phi) is 4.91. The lowest BCUT2D eigenvalue weighted by molar-refractivity contribution is 0.0988. The number of nitrogens with one attached hydrogen (secondary N) is 1. The number of pyridine rings is 1. The number of hydrogen-bond acceptors (Lipinski definition) is 4. The molecule has 0 aliphatic rings. The van der Waals surface area contributed by atoms with Crippen LogP contribution in [0, 0.1) is 0 Å². The number of amides is 1. The van der Waals surface area contributed by atoms with E-state index >= 15 is 0 Å². The van der Waals surface area contributed by atoms with Gasteiger partial charge in [-0.1, -0.05) is 18.2 Å². The van der Waals surface area contributed by atoms with Crippen molar-refractivity contribution >= 4 is 17.3 Å². The van der Waals surface area contributed by atoms with Gasteiger partial charge < -0.3 is 14.6 Å². The van der Waals surface area contributed by atoms with E-state index in [4.69, 9.17) is 4.42 Å². The molecule has 1 amide bonds. The van der Waals surface area contributed by atoms with E-state index in [1.165, 1.54) is 0 Å². The fourth-order valence-corrected chi connectivity index (χ4v) is 2.46. The Balaban J connectivity index is 1.75. The van der Waals surface area contributed by atoms with E-state index < -0.39 is 0 Å². The lowest BCUT2D eigenvalue weighted by Crippen LogP contribution is -2.30. The van der Waals surface area contributed by atoms with Gasteiger partial charge in [-0.3, -0.25) is 9.78 Å². The molecule has 5 heteroatoms. The predicted octanol–water partition coefficient (Wildman–Crippen LogP) is 3.95. The summed E-state index contributed by atoms with van der Waals surface area (Å²) in [5.74, 6) is 0.754.